The molecular weight excluding hydrogens is 404 g/mol. The third kappa shape index (κ3) is 5.31. The third-order valence-corrected chi connectivity index (χ3v) is 4.67. The van der Waals surface area contributed by atoms with Gasteiger partial charge in [0, 0.05) is 0 Å². The molecule has 3 rings (SSSR count). The molecule has 27 heavy (non-hydrogen) atoms. The van der Waals surface area contributed by atoms with Crippen LogP contribution in [-0.2, 0) is 11.2 Å². The van der Waals surface area contributed by atoms with E-state index in [9.17, 15) is 4.79 Å². The van der Waals surface area contributed by atoms with Gasteiger partial charge in [0.25, 0.3) is 0 Å². The van der Waals surface area contributed by atoms with Crippen molar-refractivity contribution in [2.45, 2.75) is 6.42 Å². The normalized spacial score (nSPS) is 10.3. The van der Waals surface area contributed by atoms with Gasteiger partial charge in [-0.2, -0.15) is 0 Å². The van der Waals surface area contributed by atoms with Crippen LogP contribution in [0.25, 0.3) is 5.57 Å². The molecular formula is C23H19BrO3. The number of aliphatic carboxylic acids is 1. The van der Waals surface area contributed by atoms with E-state index in [0.29, 0.717) is 12.4 Å². The SMILES string of the molecule is O=C(O)Cc1ccc(OCC=C(c2ccccc2)c2ccccc2)c(Br)c1. The second kappa shape index (κ2) is 9.19. The molecule has 0 aliphatic carbocycles. The molecule has 0 radical (unpaired) electrons. The summed E-state index contributed by atoms with van der Waals surface area (Å²) in [5.74, 6) is -0.172. The standard InChI is InChI=1S/C23H19BrO3/c24-21-15-17(16-23(25)26)11-12-22(21)27-14-13-20(18-7-3-1-4-8-18)19-9-5-2-6-10-19/h1-13,15H,14,16H2,(H,25,26). The van der Waals surface area contributed by atoms with E-state index in [1.54, 1.807) is 18.2 Å². The van der Waals surface area contributed by atoms with Gasteiger partial charge >= 0.3 is 5.97 Å². The van der Waals surface area contributed by atoms with Crippen molar-refractivity contribution in [1.29, 1.82) is 0 Å². The van der Waals surface area contributed by atoms with Crippen LogP contribution in [-0.4, -0.2) is 17.7 Å². The smallest absolute Gasteiger partial charge is 0.307 e. The second-order valence-corrected chi connectivity index (χ2v) is 6.85. The lowest BCUT2D eigenvalue weighted by Crippen LogP contribution is -2.01. The average molecular weight is 423 g/mol. The summed E-state index contributed by atoms with van der Waals surface area (Å²) in [6.45, 7) is 0.399. The Hall–Kier alpha value is -2.85. The summed E-state index contributed by atoms with van der Waals surface area (Å²) in [5, 5.41) is 8.89. The Morgan fingerprint density at radius 2 is 1.52 bits per heavy atom. The predicted molar refractivity (Wildman–Crippen MR) is 111 cm³/mol. The number of benzene rings is 3. The highest BCUT2D eigenvalue weighted by Gasteiger charge is 2.07. The summed E-state index contributed by atoms with van der Waals surface area (Å²) in [6.07, 6.45) is 2.05. The lowest BCUT2D eigenvalue weighted by atomic mass is 9.98. The van der Waals surface area contributed by atoms with Crippen LogP contribution < -0.4 is 4.74 Å². The highest BCUT2D eigenvalue weighted by Crippen LogP contribution is 2.27. The molecule has 0 unspecified atom stereocenters. The van der Waals surface area contributed by atoms with Gasteiger partial charge in [0.1, 0.15) is 12.4 Å². The quantitative estimate of drug-likeness (QED) is 0.539. The van der Waals surface area contributed by atoms with Gasteiger partial charge in [0.2, 0.25) is 0 Å². The number of hydrogen-bond acceptors (Lipinski definition) is 2. The largest absolute Gasteiger partial charge is 0.488 e. The number of rotatable bonds is 7. The molecule has 0 saturated carbocycles. The van der Waals surface area contributed by atoms with E-state index < -0.39 is 5.97 Å². The van der Waals surface area contributed by atoms with Crippen LogP contribution in [0.4, 0.5) is 0 Å². The van der Waals surface area contributed by atoms with Gasteiger partial charge in [0.15, 0.2) is 0 Å². The molecule has 0 aromatic heterocycles. The number of ether oxygens (including phenoxy) is 1. The number of hydrogen-bond donors (Lipinski definition) is 1. The molecule has 4 heteroatoms. The summed E-state index contributed by atoms with van der Waals surface area (Å²) in [5.41, 5.74) is 4.09. The lowest BCUT2D eigenvalue weighted by molar-refractivity contribution is -0.136. The van der Waals surface area contributed by atoms with Gasteiger partial charge in [-0.3, -0.25) is 4.79 Å². The summed E-state index contributed by atoms with van der Waals surface area (Å²) < 4.78 is 6.65. The Kier molecular flexibility index (Phi) is 6.44. The zero-order valence-corrected chi connectivity index (χ0v) is 16.2. The van der Waals surface area contributed by atoms with Crippen LogP contribution in [0.5, 0.6) is 5.75 Å². The van der Waals surface area contributed by atoms with Crippen molar-refractivity contribution in [3.8, 4) is 5.75 Å². The van der Waals surface area contributed by atoms with Gasteiger partial charge in [0.05, 0.1) is 10.9 Å². The number of carbonyl (C=O) groups is 1. The Morgan fingerprint density at radius 1 is 0.926 bits per heavy atom. The fourth-order valence-electron chi connectivity index (χ4n) is 2.80. The molecule has 136 valence electrons. The molecule has 0 heterocycles. The predicted octanol–water partition coefficient (Wildman–Crippen LogP) is 5.59. The maximum Gasteiger partial charge on any atom is 0.307 e. The number of carboxylic acids is 1. The first-order valence-electron chi connectivity index (χ1n) is 8.57. The van der Waals surface area contributed by atoms with Crippen molar-refractivity contribution in [1.82, 2.24) is 0 Å². The summed E-state index contributed by atoms with van der Waals surface area (Å²) >= 11 is 3.46. The first kappa shape index (κ1) is 18.9. The van der Waals surface area contributed by atoms with Crippen LogP contribution in [0.1, 0.15) is 16.7 Å². The molecule has 1 N–H and O–H groups in total. The van der Waals surface area contributed by atoms with Crippen LogP contribution in [0.15, 0.2) is 89.4 Å². The minimum Gasteiger partial charge on any atom is -0.488 e. The highest BCUT2D eigenvalue weighted by atomic mass is 79.9. The molecule has 0 aliphatic rings. The van der Waals surface area contributed by atoms with Gasteiger partial charge in [-0.25, -0.2) is 0 Å². The van der Waals surface area contributed by atoms with E-state index >= 15 is 0 Å². The van der Waals surface area contributed by atoms with Crippen molar-refractivity contribution in [3.63, 3.8) is 0 Å². The molecule has 0 saturated heterocycles. The van der Waals surface area contributed by atoms with Crippen molar-refractivity contribution >= 4 is 27.5 Å². The van der Waals surface area contributed by atoms with Crippen molar-refractivity contribution < 1.29 is 14.6 Å². The van der Waals surface area contributed by atoms with Gasteiger partial charge in [-0.1, -0.05) is 66.7 Å². The van der Waals surface area contributed by atoms with E-state index in [-0.39, 0.29) is 6.42 Å². The van der Waals surface area contributed by atoms with Crippen LogP contribution >= 0.6 is 15.9 Å². The maximum absolute atomic E-state index is 10.8. The molecule has 0 atom stereocenters. The molecule has 3 aromatic carbocycles. The number of halogens is 1. The van der Waals surface area contributed by atoms with Gasteiger partial charge < -0.3 is 9.84 Å². The van der Waals surface area contributed by atoms with Crippen LogP contribution in [0.2, 0.25) is 0 Å². The van der Waals surface area contributed by atoms with E-state index in [0.717, 1.165) is 26.7 Å². The Morgan fingerprint density at radius 3 is 2.04 bits per heavy atom. The first-order chi connectivity index (χ1) is 13.1. The summed E-state index contributed by atoms with van der Waals surface area (Å²) in [7, 11) is 0. The zero-order chi connectivity index (χ0) is 19.1. The second-order valence-electron chi connectivity index (χ2n) is 6.00. The van der Waals surface area contributed by atoms with Crippen molar-refractivity contribution in [2.24, 2.45) is 0 Å². The third-order valence-electron chi connectivity index (χ3n) is 4.05. The van der Waals surface area contributed by atoms with Crippen LogP contribution in [0, 0.1) is 0 Å². The Labute approximate surface area is 167 Å². The zero-order valence-electron chi connectivity index (χ0n) is 14.6. The molecule has 0 bridgehead atoms. The van der Waals surface area contributed by atoms with E-state index in [2.05, 4.69) is 46.3 Å². The van der Waals surface area contributed by atoms with E-state index in [4.69, 9.17) is 9.84 Å². The molecule has 0 spiro atoms. The minimum absolute atomic E-state index is 0.00898. The van der Waals surface area contributed by atoms with Crippen molar-refractivity contribution in [2.75, 3.05) is 6.61 Å². The van der Waals surface area contributed by atoms with Crippen LogP contribution in [0.3, 0.4) is 0 Å². The maximum atomic E-state index is 10.8. The highest BCUT2D eigenvalue weighted by molar-refractivity contribution is 9.10. The van der Waals surface area contributed by atoms with E-state index in [1.807, 2.05) is 36.4 Å². The molecule has 0 fully saturated rings. The molecule has 3 aromatic rings. The summed E-state index contributed by atoms with van der Waals surface area (Å²) in [4.78, 5) is 10.8. The molecule has 3 nitrogen and oxygen atoms in total. The monoisotopic (exact) mass is 422 g/mol. The fourth-order valence-corrected chi connectivity index (χ4v) is 3.34. The molecule has 0 amide bonds. The topological polar surface area (TPSA) is 46.5 Å². The molecule has 0 aliphatic heterocycles. The average Bonchev–Trinajstić information content (AvgIpc) is 2.67. The van der Waals surface area contributed by atoms with Gasteiger partial charge in [-0.05, 0) is 56.4 Å². The van der Waals surface area contributed by atoms with Crippen molar-refractivity contribution in [3.05, 3.63) is 106 Å². The fraction of sp³-hybridized carbons (Fsp3) is 0.0870. The number of carboxylic acid groups (broad SMARTS) is 1. The summed E-state index contributed by atoms with van der Waals surface area (Å²) in [6, 6.07) is 25.7. The van der Waals surface area contributed by atoms with Gasteiger partial charge in [-0.15, -0.1) is 0 Å². The van der Waals surface area contributed by atoms with E-state index in [1.165, 1.54) is 0 Å². The first-order valence-corrected chi connectivity index (χ1v) is 9.37. The Bertz CT molecular complexity index is 893. The lowest BCUT2D eigenvalue weighted by Gasteiger charge is -2.11. The minimum atomic E-state index is -0.853. The Balaban J connectivity index is 1.79.